The molecule has 0 aromatic heterocycles. The molecule has 0 fully saturated rings. The van der Waals surface area contributed by atoms with Crippen molar-refractivity contribution >= 4 is 0 Å². The van der Waals surface area contributed by atoms with E-state index in [0.717, 1.165) is 10.7 Å². The van der Waals surface area contributed by atoms with Crippen LogP contribution in [0.3, 0.4) is 0 Å². The molecule has 10 heavy (non-hydrogen) atoms. The second-order valence-electron chi connectivity index (χ2n) is 1.21. The number of hydrazine groups is 1. The van der Waals surface area contributed by atoms with E-state index in [4.69, 9.17) is 0 Å². The molecule has 0 aliphatic heterocycles. The van der Waals surface area contributed by atoms with Gasteiger partial charge in [-0.1, -0.05) is 0 Å². The molecule has 0 aromatic carbocycles. The summed E-state index contributed by atoms with van der Waals surface area (Å²) in [5.41, 5.74) is 0. The van der Waals surface area contributed by atoms with E-state index in [2.05, 4.69) is 19.4 Å². The molecule has 0 saturated carbocycles. The van der Waals surface area contributed by atoms with Crippen LogP contribution in [0.5, 0.6) is 0 Å². The molecular formula is C4H12N2O4. The minimum Gasteiger partial charge on any atom is -0.260 e. The fourth-order valence-electron chi connectivity index (χ4n) is 0.416. The Kier molecular flexibility index (Phi) is 5.40. The molecule has 0 radical (unpaired) electrons. The third-order valence-corrected chi connectivity index (χ3v) is 0.758. The van der Waals surface area contributed by atoms with E-state index in [0.29, 0.717) is 0 Å². The van der Waals surface area contributed by atoms with Crippen LogP contribution in [0.15, 0.2) is 0 Å². The molecule has 6 heteroatoms. The first-order chi connectivity index (χ1) is 4.79. The molecule has 0 unspecified atom stereocenters. The maximum absolute atomic E-state index is 4.63. The fourth-order valence-corrected chi connectivity index (χ4v) is 0.416. The smallest absolute Gasteiger partial charge is 0.0645 e. The van der Waals surface area contributed by atoms with Gasteiger partial charge in [-0.2, -0.15) is 0 Å². The van der Waals surface area contributed by atoms with Crippen molar-refractivity contribution in [3.8, 4) is 0 Å². The summed E-state index contributed by atoms with van der Waals surface area (Å²) in [5, 5.41) is 1.83. The van der Waals surface area contributed by atoms with Crippen LogP contribution in [-0.4, -0.2) is 39.1 Å². The summed E-state index contributed by atoms with van der Waals surface area (Å²) >= 11 is 0. The van der Waals surface area contributed by atoms with Crippen molar-refractivity contribution in [2.75, 3.05) is 28.4 Å². The lowest BCUT2D eigenvalue weighted by Crippen LogP contribution is -2.39. The van der Waals surface area contributed by atoms with E-state index < -0.39 is 0 Å². The highest BCUT2D eigenvalue weighted by molar-refractivity contribution is 3.89. The van der Waals surface area contributed by atoms with Gasteiger partial charge in [0.15, 0.2) is 0 Å². The largest absolute Gasteiger partial charge is 0.260 e. The minimum absolute atomic E-state index is 0.917. The van der Waals surface area contributed by atoms with Crippen LogP contribution in [0, 0.1) is 0 Å². The van der Waals surface area contributed by atoms with Gasteiger partial charge in [0.25, 0.3) is 0 Å². The molecule has 0 aliphatic carbocycles. The van der Waals surface area contributed by atoms with Crippen LogP contribution in [0.25, 0.3) is 0 Å². The first-order valence-electron chi connectivity index (χ1n) is 2.56. The number of rotatable bonds is 5. The van der Waals surface area contributed by atoms with Gasteiger partial charge in [-0.05, 0) is 0 Å². The summed E-state index contributed by atoms with van der Waals surface area (Å²) in [6.07, 6.45) is 0. The lowest BCUT2D eigenvalue weighted by molar-refractivity contribution is -0.600. The zero-order valence-electron chi connectivity index (χ0n) is 6.53. The second kappa shape index (κ2) is 5.54. The van der Waals surface area contributed by atoms with E-state index in [1.807, 2.05) is 0 Å². The van der Waals surface area contributed by atoms with Gasteiger partial charge in [-0.15, -0.1) is 0 Å². The third-order valence-electron chi connectivity index (χ3n) is 0.758. The molecular weight excluding hydrogens is 140 g/mol. The molecule has 6 nitrogen and oxygen atoms in total. The average molecular weight is 152 g/mol. The number of nitrogens with zero attached hydrogens (tertiary/aromatic N) is 2. The molecule has 0 aromatic rings. The highest BCUT2D eigenvalue weighted by Gasteiger charge is 2.12. The Balaban J connectivity index is 3.70. The predicted molar refractivity (Wildman–Crippen MR) is 31.7 cm³/mol. The normalized spacial score (nSPS) is 11.4. The molecule has 0 aliphatic rings. The van der Waals surface area contributed by atoms with Gasteiger partial charge < -0.3 is 0 Å². The molecule has 62 valence electrons. The van der Waals surface area contributed by atoms with E-state index in [1.54, 1.807) is 0 Å². The van der Waals surface area contributed by atoms with Gasteiger partial charge in [-0.25, -0.2) is 0 Å². The Morgan fingerprint density at radius 3 is 0.900 bits per heavy atom. The van der Waals surface area contributed by atoms with E-state index in [-0.39, 0.29) is 0 Å². The lowest BCUT2D eigenvalue weighted by atomic mass is 11.7. The van der Waals surface area contributed by atoms with E-state index in [1.165, 1.54) is 28.4 Å². The Labute approximate surface area is 59.6 Å². The van der Waals surface area contributed by atoms with Gasteiger partial charge in [0.1, 0.15) is 0 Å². The van der Waals surface area contributed by atoms with Crippen LogP contribution < -0.4 is 0 Å². The summed E-state index contributed by atoms with van der Waals surface area (Å²) in [6, 6.07) is 0. The fraction of sp³-hybridized carbons (Fsp3) is 1.00. The SMILES string of the molecule is CON(OC)N(OC)OC. The van der Waals surface area contributed by atoms with Gasteiger partial charge in [0, 0.05) is 0 Å². The average Bonchev–Trinajstić information content (AvgIpc) is 2.00. The maximum Gasteiger partial charge on any atom is 0.0645 e. The number of hydrogen-bond acceptors (Lipinski definition) is 6. The molecule has 0 amide bonds. The highest BCUT2D eigenvalue weighted by atomic mass is 17.1. The van der Waals surface area contributed by atoms with Crippen molar-refractivity contribution in [3.63, 3.8) is 0 Å². The van der Waals surface area contributed by atoms with Crippen LogP contribution in [-0.2, 0) is 19.4 Å². The summed E-state index contributed by atoms with van der Waals surface area (Å²) in [5.74, 6) is 0. The minimum atomic E-state index is 0.917. The van der Waals surface area contributed by atoms with Crippen LogP contribution in [0.4, 0.5) is 0 Å². The molecule has 0 atom stereocenters. The first kappa shape index (κ1) is 9.76. The highest BCUT2D eigenvalue weighted by Crippen LogP contribution is 1.96. The molecule has 0 bridgehead atoms. The zero-order chi connectivity index (χ0) is 7.98. The first-order valence-corrected chi connectivity index (χ1v) is 2.56. The van der Waals surface area contributed by atoms with E-state index in [9.17, 15) is 0 Å². The Bertz CT molecular complexity index is 63.7. The van der Waals surface area contributed by atoms with Gasteiger partial charge in [0.05, 0.1) is 39.1 Å². The van der Waals surface area contributed by atoms with Gasteiger partial charge >= 0.3 is 0 Å². The lowest BCUT2D eigenvalue weighted by Gasteiger charge is -2.23. The maximum atomic E-state index is 4.63. The quantitative estimate of drug-likeness (QED) is 0.506. The summed E-state index contributed by atoms with van der Waals surface area (Å²) in [4.78, 5) is 18.5. The molecule has 0 heterocycles. The van der Waals surface area contributed by atoms with Crippen LogP contribution in [0.1, 0.15) is 0 Å². The summed E-state index contributed by atoms with van der Waals surface area (Å²) in [6.45, 7) is 0. The molecule has 0 rings (SSSR count). The molecule has 0 N–H and O–H groups in total. The standard InChI is InChI=1S/C4H12N2O4/c1-7-5(8-2)6(9-3)10-4/h1-4H3. The molecule has 0 saturated heterocycles. The topological polar surface area (TPSA) is 43.4 Å². The van der Waals surface area contributed by atoms with Gasteiger partial charge in [0.2, 0.25) is 0 Å². The number of hydrogen-bond donors (Lipinski definition) is 0. The Hall–Kier alpha value is -0.240. The van der Waals surface area contributed by atoms with Crippen molar-refractivity contribution in [2.24, 2.45) is 0 Å². The summed E-state index contributed by atoms with van der Waals surface area (Å²) < 4.78 is 0. The van der Waals surface area contributed by atoms with Crippen LogP contribution in [0.2, 0.25) is 0 Å². The van der Waals surface area contributed by atoms with Crippen molar-refractivity contribution in [3.05, 3.63) is 0 Å². The second-order valence-corrected chi connectivity index (χ2v) is 1.21. The Morgan fingerprint density at radius 2 is 0.800 bits per heavy atom. The summed E-state index contributed by atoms with van der Waals surface area (Å²) in [7, 11) is 5.64. The van der Waals surface area contributed by atoms with Crippen LogP contribution >= 0.6 is 0 Å². The Morgan fingerprint density at radius 1 is 0.600 bits per heavy atom. The van der Waals surface area contributed by atoms with Crippen molar-refractivity contribution in [1.82, 2.24) is 10.7 Å². The van der Waals surface area contributed by atoms with E-state index >= 15 is 0 Å². The zero-order valence-corrected chi connectivity index (χ0v) is 6.53. The van der Waals surface area contributed by atoms with Crippen molar-refractivity contribution in [2.45, 2.75) is 0 Å². The van der Waals surface area contributed by atoms with Crippen molar-refractivity contribution < 1.29 is 19.4 Å². The van der Waals surface area contributed by atoms with Gasteiger partial charge in [-0.3, -0.25) is 19.4 Å². The monoisotopic (exact) mass is 152 g/mol. The third kappa shape index (κ3) is 2.56. The molecule has 0 spiro atoms. The predicted octanol–water partition coefficient (Wildman–Crippen LogP) is -0.249. The van der Waals surface area contributed by atoms with Crippen molar-refractivity contribution in [1.29, 1.82) is 0 Å².